The van der Waals surface area contributed by atoms with Crippen molar-refractivity contribution in [3.05, 3.63) is 0 Å². The SMILES string of the molecule is F.O=[P+]([O-])OO.[H-].[K+].[O]=[Mg]. The van der Waals surface area contributed by atoms with Crippen LogP contribution in [0.4, 0.5) is 4.70 Å². The van der Waals surface area contributed by atoms with Gasteiger partial charge in [-0.2, -0.15) is 0 Å². The normalized spacial score (nSPS) is 6.89. The molecule has 1 N–H and O–H groups in total. The monoisotopic (exact) mass is 196 g/mol. The Labute approximate surface area is 108 Å². The van der Waals surface area contributed by atoms with Crippen molar-refractivity contribution in [2.75, 3.05) is 0 Å². The van der Waals surface area contributed by atoms with Gasteiger partial charge in [0.25, 0.3) is 0 Å². The van der Waals surface area contributed by atoms with Crippen LogP contribution in [0, 0.1) is 0 Å². The molecular weight excluding hydrogens is 193 g/mol. The Bertz CT molecular complexity index is 65.6. The van der Waals surface area contributed by atoms with Crippen molar-refractivity contribution in [3.8, 4) is 0 Å². The minimum atomic E-state index is -3.04. The van der Waals surface area contributed by atoms with Crippen LogP contribution in [0.5, 0.6) is 0 Å². The summed E-state index contributed by atoms with van der Waals surface area (Å²) in [6.45, 7) is 0. The fourth-order valence-electron chi connectivity index (χ4n) is 0. The van der Waals surface area contributed by atoms with Gasteiger partial charge in [0.05, 0.1) is 0 Å². The first-order chi connectivity index (χ1) is 3.27. The third-order valence-electron chi connectivity index (χ3n) is 0.0667. The molecule has 0 amide bonds. The van der Waals surface area contributed by atoms with Crippen molar-refractivity contribution in [2.45, 2.75) is 0 Å². The molecule has 0 saturated heterocycles. The van der Waals surface area contributed by atoms with Crippen LogP contribution in [-0.2, 0) is 12.4 Å². The maximum atomic E-state index is 8.93. The van der Waals surface area contributed by atoms with Crippen molar-refractivity contribution in [3.63, 3.8) is 0 Å². The van der Waals surface area contributed by atoms with Gasteiger partial charge < -0.3 is 6.32 Å². The van der Waals surface area contributed by atoms with Gasteiger partial charge >= 0.3 is 84.5 Å². The summed E-state index contributed by atoms with van der Waals surface area (Å²) < 4.78 is 19.9. The van der Waals surface area contributed by atoms with Crippen LogP contribution in [0.3, 0.4) is 0 Å². The molecule has 1 unspecified atom stereocenters. The van der Waals surface area contributed by atoms with Gasteiger partial charge in [-0.3, -0.25) is 4.70 Å². The molecule has 0 aromatic rings. The summed E-state index contributed by atoms with van der Waals surface area (Å²) in [5.41, 5.74) is 0. The third-order valence-corrected chi connectivity index (χ3v) is 0.200. The van der Waals surface area contributed by atoms with E-state index >= 15 is 0 Å². The van der Waals surface area contributed by atoms with E-state index in [4.69, 9.17) is 17.9 Å². The Hall–Kier alpha value is 2.11. The number of rotatable bonds is 1. The molecule has 1 atom stereocenters. The van der Waals surface area contributed by atoms with E-state index in [1.54, 1.807) is 0 Å². The van der Waals surface area contributed by atoms with Gasteiger partial charge in [-0.15, -0.1) is 0 Å². The Balaban J connectivity index is -0.0000000154. The molecule has 0 aromatic carbocycles. The summed E-state index contributed by atoms with van der Waals surface area (Å²) in [6.07, 6.45) is 0. The van der Waals surface area contributed by atoms with Crippen LogP contribution in [0.15, 0.2) is 0 Å². The van der Waals surface area contributed by atoms with Gasteiger partial charge in [0.15, 0.2) is 0 Å². The Morgan fingerprint density at radius 2 is 1.78 bits per heavy atom. The Kier molecular flexibility index (Phi) is 56.1. The summed E-state index contributed by atoms with van der Waals surface area (Å²) >= 11 is 0.611. The van der Waals surface area contributed by atoms with Crippen molar-refractivity contribution in [2.24, 2.45) is 0 Å². The van der Waals surface area contributed by atoms with E-state index in [1.165, 1.54) is 0 Å². The van der Waals surface area contributed by atoms with E-state index in [2.05, 4.69) is 4.67 Å². The molecule has 0 aliphatic rings. The van der Waals surface area contributed by atoms with Crippen LogP contribution >= 0.6 is 8.25 Å². The van der Waals surface area contributed by atoms with Crippen LogP contribution < -0.4 is 56.3 Å². The van der Waals surface area contributed by atoms with E-state index in [0.29, 0.717) is 21.7 Å². The number of halogens is 1. The molecule has 0 bridgehead atoms. The second kappa shape index (κ2) is 22.5. The molecule has 9 heteroatoms. The second-order valence-electron chi connectivity index (χ2n) is 0.305. The predicted molar refractivity (Wildman–Crippen MR) is 21.4 cm³/mol. The quantitative estimate of drug-likeness (QED) is 0.202. The molecule has 0 heterocycles. The molecule has 0 aliphatic heterocycles. The summed E-state index contributed by atoms with van der Waals surface area (Å²) in [6, 6.07) is 0. The van der Waals surface area contributed by atoms with Gasteiger partial charge in [-0.25, -0.2) is 5.26 Å². The molecule has 0 aromatic heterocycles. The number of hydrogen-bond donors (Lipinski definition) is 1. The van der Waals surface area contributed by atoms with Crippen molar-refractivity contribution in [1.82, 2.24) is 0 Å². The summed E-state index contributed by atoms with van der Waals surface area (Å²) in [5, 5.41) is 7.05. The first kappa shape index (κ1) is 22.5. The summed E-state index contributed by atoms with van der Waals surface area (Å²) in [5.74, 6) is 0. The van der Waals surface area contributed by atoms with Crippen LogP contribution in [-0.4, -0.2) is 26.9 Å². The molecular formula is H3FKMgO5P. The molecule has 0 spiro atoms. The summed E-state index contributed by atoms with van der Waals surface area (Å²) in [7, 11) is -3.04. The molecule has 0 aliphatic carbocycles. The maximum absolute atomic E-state index is 8.93. The predicted octanol–water partition coefficient (Wildman–Crippen LogP) is -3.74. The second-order valence-corrected chi connectivity index (χ2v) is 0.916. The standard InChI is InChI=1S/FH.K.Mg.HO4P.O.H/c;;;1-4-5(2)3;;/h1H;;;1H;;/q;+1;;;;-1. The fraction of sp³-hybridized carbons (Fsp3) is 0. The van der Waals surface area contributed by atoms with E-state index in [-0.39, 0.29) is 57.5 Å². The molecule has 48 valence electrons. The Morgan fingerprint density at radius 3 is 1.78 bits per heavy atom. The van der Waals surface area contributed by atoms with Gasteiger partial charge in [0.1, 0.15) is 0 Å². The Morgan fingerprint density at radius 1 is 1.67 bits per heavy atom. The van der Waals surface area contributed by atoms with Crippen molar-refractivity contribution in [1.29, 1.82) is 0 Å². The minimum absolute atomic E-state index is 0. The van der Waals surface area contributed by atoms with Crippen LogP contribution in [0.1, 0.15) is 1.43 Å². The zero-order valence-corrected chi connectivity index (χ0v) is 10.1. The molecule has 9 heavy (non-hydrogen) atoms. The number of hydrogen-bond acceptors (Lipinski definition) is 5. The molecule has 0 fully saturated rings. The van der Waals surface area contributed by atoms with E-state index < -0.39 is 8.25 Å². The average Bonchev–Trinajstić information content (AvgIpc) is 1.73. The molecule has 0 radical (unpaired) electrons. The molecule has 5 nitrogen and oxygen atoms in total. The van der Waals surface area contributed by atoms with Crippen molar-refractivity contribution >= 4 is 29.9 Å². The average molecular weight is 196 g/mol. The topological polar surface area (TPSA) is 86.7 Å². The van der Waals surface area contributed by atoms with Crippen LogP contribution in [0.2, 0.25) is 0 Å². The van der Waals surface area contributed by atoms with E-state index in [1.807, 2.05) is 0 Å². The van der Waals surface area contributed by atoms with Gasteiger partial charge in [-0.05, 0) is 4.57 Å². The molecule has 0 saturated carbocycles. The first-order valence-electron chi connectivity index (χ1n) is 1.02. The van der Waals surface area contributed by atoms with Gasteiger partial charge in [0, 0.05) is 4.67 Å². The van der Waals surface area contributed by atoms with Crippen molar-refractivity contribution < 1.29 is 80.1 Å². The van der Waals surface area contributed by atoms with Crippen LogP contribution in [0.25, 0.3) is 0 Å². The zero-order chi connectivity index (χ0) is 6.28. The van der Waals surface area contributed by atoms with Gasteiger partial charge in [-0.1, -0.05) is 0 Å². The fourth-order valence-corrected chi connectivity index (χ4v) is 0. The van der Waals surface area contributed by atoms with Gasteiger partial charge in [0.2, 0.25) is 0 Å². The first-order valence-corrected chi connectivity index (χ1v) is 2.69. The zero-order valence-electron chi connectivity index (χ0n) is 5.64. The third kappa shape index (κ3) is 39.4. The van der Waals surface area contributed by atoms with E-state index in [9.17, 15) is 0 Å². The van der Waals surface area contributed by atoms with E-state index in [0.717, 1.165) is 0 Å². The molecule has 0 rings (SSSR count). The summed E-state index contributed by atoms with van der Waals surface area (Å²) in [4.78, 5) is 8.93.